The molecule has 0 radical (unpaired) electrons. The van der Waals surface area contributed by atoms with Gasteiger partial charge in [-0.05, 0) is 35.9 Å². The van der Waals surface area contributed by atoms with Crippen molar-refractivity contribution in [1.82, 2.24) is 0 Å². The number of hydrogen-bond acceptors (Lipinski definition) is 4. The van der Waals surface area contributed by atoms with Crippen LogP contribution in [-0.4, -0.2) is 26.5 Å². The summed E-state index contributed by atoms with van der Waals surface area (Å²) in [6.07, 6.45) is 1.15. The minimum atomic E-state index is -3.13. The van der Waals surface area contributed by atoms with Crippen molar-refractivity contribution in [3.63, 3.8) is 0 Å². The maximum Gasteiger partial charge on any atom is 0.255 e. The zero-order valence-corrected chi connectivity index (χ0v) is 15.2. The average molecular weight is 381 g/mol. The van der Waals surface area contributed by atoms with Crippen LogP contribution in [0.1, 0.15) is 22.8 Å². The van der Waals surface area contributed by atoms with E-state index in [1.807, 2.05) is 0 Å². The van der Waals surface area contributed by atoms with Gasteiger partial charge in [0, 0.05) is 24.4 Å². The Morgan fingerprint density at radius 2 is 1.68 bits per heavy atom. The van der Waals surface area contributed by atoms with Gasteiger partial charge in [-0.25, -0.2) is 8.42 Å². The Bertz CT molecular complexity index is 909. The van der Waals surface area contributed by atoms with Crippen molar-refractivity contribution < 1.29 is 18.0 Å². The van der Waals surface area contributed by atoms with Crippen LogP contribution in [0, 0.1) is 0 Å². The van der Waals surface area contributed by atoms with E-state index in [0.29, 0.717) is 27.5 Å². The van der Waals surface area contributed by atoms with Gasteiger partial charge in [0.15, 0.2) is 9.84 Å². The van der Waals surface area contributed by atoms with Gasteiger partial charge in [-0.15, -0.1) is 0 Å². The van der Waals surface area contributed by atoms with E-state index in [1.165, 1.54) is 6.92 Å². The van der Waals surface area contributed by atoms with Crippen LogP contribution in [-0.2, 0) is 20.4 Å². The number of carbonyl (C=O) groups excluding carboxylic acids is 2. The summed E-state index contributed by atoms with van der Waals surface area (Å²) in [5.74, 6) is -0.708. The van der Waals surface area contributed by atoms with Gasteiger partial charge in [-0.1, -0.05) is 23.7 Å². The molecule has 0 fully saturated rings. The van der Waals surface area contributed by atoms with E-state index in [-0.39, 0.29) is 17.6 Å². The molecule has 2 N–H and O–H groups in total. The lowest BCUT2D eigenvalue weighted by molar-refractivity contribution is -0.114. The fourth-order valence-corrected chi connectivity index (χ4v) is 3.11. The van der Waals surface area contributed by atoms with Crippen LogP contribution in [0.4, 0.5) is 11.4 Å². The molecule has 0 aliphatic heterocycles. The third kappa shape index (κ3) is 5.88. The largest absolute Gasteiger partial charge is 0.325 e. The van der Waals surface area contributed by atoms with Gasteiger partial charge in [-0.2, -0.15) is 0 Å². The molecule has 2 amide bonds. The molecule has 2 rings (SSSR count). The van der Waals surface area contributed by atoms with Crippen molar-refractivity contribution in [2.24, 2.45) is 0 Å². The maximum absolute atomic E-state index is 12.3. The van der Waals surface area contributed by atoms with Crippen molar-refractivity contribution in [2.45, 2.75) is 12.7 Å². The van der Waals surface area contributed by atoms with E-state index in [2.05, 4.69) is 10.6 Å². The van der Waals surface area contributed by atoms with E-state index >= 15 is 0 Å². The van der Waals surface area contributed by atoms with E-state index in [9.17, 15) is 18.0 Å². The molecule has 0 aromatic heterocycles. The van der Waals surface area contributed by atoms with Gasteiger partial charge < -0.3 is 10.6 Å². The van der Waals surface area contributed by atoms with E-state index in [1.54, 1.807) is 42.5 Å². The molecule has 0 saturated carbocycles. The van der Waals surface area contributed by atoms with Gasteiger partial charge in [-0.3, -0.25) is 9.59 Å². The number of hydrogen-bond donors (Lipinski definition) is 2. The van der Waals surface area contributed by atoms with Crippen LogP contribution >= 0.6 is 11.6 Å². The fourth-order valence-electron chi connectivity index (χ4n) is 2.15. The Morgan fingerprint density at radius 1 is 1.04 bits per heavy atom. The number of carbonyl (C=O) groups is 2. The maximum atomic E-state index is 12.3. The number of rotatable bonds is 5. The molecule has 0 spiro atoms. The summed E-state index contributed by atoms with van der Waals surface area (Å²) >= 11 is 5.99. The molecule has 0 heterocycles. The van der Waals surface area contributed by atoms with Crippen LogP contribution in [0.3, 0.4) is 0 Å². The van der Waals surface area contributed by atoms with Crippen LogP contribution in [0.2, 0.25) is 5.02 Å². The number of nitrogens with one attached hydrogen (secondary N) is 2. The highest BCUT2D eigenvalue weighted by atomic mass is 35.5. The lowest BCUT2D eigenvalue weighted by Crippen LogP contribution is -2.13. The first-order valence-corrected chi connectivity index (χ1v) is 9.73. The zero-order valence-electron chi connectivity index (χ0n) is 13.7. The molecule has 0 saturated heterocycles. The molecule has 6 nitrogen and oxygen atoms in total. The Labute approximate surface area is 151 Å². The topological polar surface area (TPSA) is 92.3 Å². The zero-order chi connectivity index (χ0) is 18.6. The number of benzene rings is 2. The summed E-state index contributed by atoms with van der Waals surface area (Å²) in [5, 5.41) is 5.64. The van der Waals surface area contributed by atoms with E-state index < -0.39 is 9.84 Å². The van der Waals surface area contributed by atoms with Crippen molar-refractivity contribution >= 4 is 44.6 Å². The summed E-state index contributed by atoms with van der Waals surface area (Å²) in [5.41, 5.74) is 1.86. The Hall–Kier alpha value is -2.38. The van der Waals surface area contributed by atoms with Crippen LogP contribution in [0.15, 0.2) is 42.5 Å². The number of halogens is 1. The molecule has 0 unspecified atom stereocenters. The summed E-state index contributed by atoms with van der Waals surface area (Å²) in [7, 11) is -3.13. The molecule has 25 heavy (non-hydrogen) atoms. The smallest absolute Gasteiger partial charge is 0.255 e. The van der Waals surface area contributed by atoms with Gasteiger partial charge in [0.25, 0.3) is 5.91 Å². The minimum absolute atomic E-state index is 0.0772. The average Bonchev–Trinajstić information content (AvgIpc) is 2.49. The van der Waals surface area contributed by atoms with Crippen LogP contribution in [0.25, 0.3) is 0 Å². The first-order valence-electron chi connectivity index (χ1n) is 7.29. The minimum Gasteiger partial charge on any atom is -0.325 e. The first kappa shape index (κ1) is 19.0. The second-order valence-corrected chi connectivity index (χ2v) is 8.14. The second kappa shape index (κ2) is 7.67. The normalized spacial score (nSPS) is 11.0. The Kier molecular flexibility index (Phi) is 5.81. The predicted octanol–water partition coefficient (Wildman–Crippen LogP) is 3.10. The van der Waals surface area contributed by atoms with Crippen LogP contribution < -0.4 is 10.6 Å². The second-order valence-electron chi connectivity index (χ2n) is 5.60. The van der Waals surface area contributed by atoms with Gasteiger partial charge in [0.2, 0.25) is 5.91 Å². The lowest BCUT2D eigenvalue weighted by Gasteiger charge is -2.10. The van der Waals surface area contributed by atoms with Crippen molar-refractivity contribution in [3.05, 3.63) is 58.6 Å². The monoisotopic (exact) mass is 380 g/mol. The quantitative estimate of drug-likeness (QED) is 0.833. The molecular formula is C17H17ClN2O4S. The number of anilines is 2. The van der Waals surface area contributed by atoms with Crippen molar-refractivity contribution in [2.75, 3.05) is 16.9 Å². The molecule has 0 atom stereocenters. The summed E-state index contributed by atoms with van der Waals surface area (Å²) in [6.45, 7) is 1.36. The Morgan fingerprint density at radius 3 is 2.24 bits per heavy atom. The molecule has 2 aromatic carbocycles. The van der Waals surface area contributed by atoms with E-state index in [0.717, 1.165) is 6.26 Å². The van der Waals surface area contributed by atoms with Crippen molar-refractivity contribution in [1.29, 1.82) is 0 Å². The summed E-state index contributed by atoms with van der Waals surface area (Å²) < 4.78 is 22.6. The molecule has 0 aliphatic carbocycles. The molecule has 2 aromatic rings. The SMILES string of the molecule is CC(=O)Nc1cc(NC(=O)c2ccc(CS(C)(=O)=O)cc2)ccc1Cl. The first-order chi connectivity index (χ1) is 11.6. The third-order valence-electron chi connectivity index (χ3n) is 3.18. The van der Waals surface area contributed by atoms with Gasteiger partial charge >= 0.3 is 0 Å². The molecule has 132 valence electrons. The summed E-state index contributed by atoms with van der Waals surface area (Å²) in [6, 6.07) is 11.0. The van der Waals surface area contributed by atoms with E-state index in [4.69, 9.17) is 11.6 Å². The highest BCUT2D eigenvalue weighted by molar-refractivity contribution is 7.89. The van der Waals surface area contributed by atoms with Crippen LogP contribution in [0.5, 0.6) is 0 Å². The molecule has 0 bridgehead atoms. The molecule has 0 aliphatic rings. The highest BCUT2D eigenvalue weighted by Gasteiger charge is 2.10. The highest BCUT2D eigenvalue weighted by Crippen LogP contribution is 2.25. The van der Waals surface area contributed by atoms with Gasteiger partial charge in [0.1, 0.15) is 0 Å². The number of sulfone groups is 1. The standard InChI is InChI=1S/C17H17ClN2O4S/c1-11(21)19-16-9-14(7-8-15(16)18)20-17(22)13-5-3-12(4-6-13)10-25(2,23)24/h3-9H,10H2,1-2H3,(H,19,21)(H,20,22). The van der Waals surface area contributed by atoms with Crippen molar-refractivity contribution in [3.8, 4) is 0 Å². The Balaban J connectivity index is 2.13. The third-order valence-corrected chi connectivity index (χ3v) is 4.37. The predicted molar refractivity (Wildman–Crippen MR) is 98.7 cm³/mol. The lowest BCUT2D eigenvalue weighted by atomic mass is 10.1. The molecule has 8 heteroatoms. The molecular weight excluding hydrogens is 364 g/mol. The summed E-state index contributed by atoms with van der Waals surface area (Å²) in [4.78, 5) is 23.4. The van der Waals surface area contributed by atoms with Gasteiger partial charge in [0.05, 0.1) is 16.5 Å². The fraction of sp³-hybridized carbons (Fsp3) is 0.176. The number of amides is 2.